The molecule has 0 saturated heterocycles. The van der Waals surface area contributed by atoms with Gasteiger partial charge in [0.05, 0.1) is 17.6 Å². The van der Waals surface area contributed by atoms with E-state index in [2.05, 4.69) is 4.72 Å². The Morgan fingerprint density at radius 3 is 2.75 bits per heavy atom. The zero-order valence-electron chi connectivity index (χ0n) is 13.9. The van der Waals surface area contributed by atoms with Crippen molar-refractivity contribution in [1.29, 1.82) is 0 Å². The molecule has 5 nitrogen and oxygen atoms in total. The second kappa shape index (κ2) is 8.62. The van der Waals surface area contributed by atoms with E-state index >= 15 is 0 Å². The predicted octanol–water partition coefficient (Wildman–Crippen LogP) is 3.25. The van der Waals surface area contributed by atoms with Crippen LogP contribution in [0.1, 0.15) is 37.0 Å². The summed E-state index contributed by atoms with van der Waals surface area (Å²) < 4.78 is 32.8. The molecule has 1 heterocycles. The summed E-state index contributed by atoms with van der Waals surface area (Å²) in [6, 6.07) is 6.65. The van der Waals surface area contributed by atoms with Crippen molar-refractivity contribution in [2.24, 2.45) is 0 Å². The maximum Gasteiger partial charge on any atom is 0.240 e. The fourth-order valence-electron chi connectivity index (χ4n) is 2.21. The van der Waals surface area contributed by atoms with Gasteiger partial charge in [0, 0.05) is 6.54 Å². The van der Waals surface area contributed by atoms with Crippen molar-refractivity contribution < 1.29 is 18.3 Å². The molecule has 1 atom stereocenters. The lowest BCUT2D eigenvalue weighted by Crippen LogP contribution is -2.26. The van der Waals surface area contributed by atoms with Gasteiger partial charge in [0.2, 0.25) is 10.0 Å². The Kier molecular flexibility index (Phi) is 6.79. The van der Waals surface area contributed by atoms with Crippen molar-refractivity contribution in [1.82, 2.24) is 4.72 Å². The number of benzene rings is 1. The van der Waals surface area contributed by atoms with Crippen LogP contribution in [0.3, 0.4) is 0 Å². The third-order valence-corrected chi connectivity index (χ3v) is 5.72. The highest BCUT2D eigenvalue weighted by atomic mass is 32.2. The van der Waals surface area contributed by atoms with Crippen LogP contribution in [0.4, 0.5) is 0 Å². The van der Waals surface area contributed by atoms with Gasteiger partial charge in [-0.2, -0.15) is 11.3 Å². The van der Waals surface area contributed by atoms with Gasteiger partial charge in [-0.1, -0.05) is 6.92 Å². The topological polar surface area (TPSA) is 75.6 Å². The van der Waals surface area contributed by atoms with Gasteiger partial charge < -0.3 is 9.84 Å². The van der Waals surface area contributed by atoms with Gasteiger partial charge in [-0.25, -0.2) is 13.1 Å². The molecular formula is C17H23NO4S2. The van der Waals surface area contributed by atoms with Crippen LogP contribution in [0.2, 0.25) is 0 Å². The molecular weight excluding hydrogens is 346 g/mol. The zero-order valence-corrected chi connectivity index (χ0v) is 15.5. The van der Waals surface area contributed by atoms with Gasteiger partial charge in [-0.05, 0) is 65.9 Å². The van der Waals surface area contributed by atoms with E-state index in [9.17, 15) is 13.5 Å². The van der Waals surface area contributed by atoms with Gasteiger partial charge in [-0.15, -0.1) is 0 Å². The van der Waals surface area contributed by atoms with Crippen molar-refractivity contribution in [3.05, 3.63) is 46.2 Å². The van der Waals surface area contributed by atoms with Crippen molar-refractivity contribution in [2.75, 3.05) is 13.2 Å². The minimum atomic E-state index is -3.60. The first-order valence-corrected chi connectivity index (χ1v) is 10.3. The van der Waals surface area contributed by atoms with Crippen molar-refractivity contribution >= 4 is 21.4 Å². The fourth-order valence-corrected chi connectivity index (χ4v) is 4.05. The molecule has 24 heavy (non-hydrogen) atoms. The quantitative estimate of drug-likeness (QED) is 0.711. The third kappa shape index (κ3) is 5.04. The first-order chi connectivity index (χ1) is 11.4. The molecule has 132 valence electrons. The molecule has 0 saturated carbocycles. The highest BCUT2D eigenvalue weighted by Crippen LogP contribution is 2.22. The summed E-state index contributed by atoms with van der Waals surface area (Å²) in [6.45, 7) is 4.62. The SMILES string of the molecule is CCCOc1ccc(S(=O)(=O)NCCC(O)c2ccsc2)cc1C. The minimum Gasteiger partial charge on any atom is -0.493 e. The van der Waals surface area contributed by atoms with E-state index in [0.29, 0.717) is 18.8 Å². The van der Waals surface area contributed by atoms with Gasteiger partial charge >= 0.3 is 0 Å². The number of aryl methyl sites for hydroxylation is 1. The van der Waals surface area contributed by atoms with E-state index in [1.807, 2.05) is 30.7 Å². The molecule has 2 rings (SSSR count). The summed E-state index contributed by atoms with van der Waals surface area (Å²) in [5, 5.41) is 13.7. The third-order valence-electron chi connectivity index (χ3n) is 3.56. The second-order valence-corrected chi connectivity index (χ2v) is 8.08. The summed E-state index contributed by atoms with van der Waals surface area (Å²) in [5.74, 6) is 0.698. The minimum absolute atomic E-state index is 0.173. The first kappa shape index (κ1) is 18.9. The van der Waals surface area contributed by atoms with Crippen LogP contribution in [0, 0.1) is 6.92 Å². The molecule has 1 aromatic heterocycles. The van der Waals surface area contributed by atoms with Crippen LogP contribution in [0.15, 0.2) is 39.9 Å². The average molecular weight is 370 g/mol. The molecule has 1 unspecified atom stereocenters. The number of sulfonamides is 1. The monoisotopic (exact) mass is 369 g/mol. The van der Waals surface area contributed by atoms with Crippen molar-refractivity contribution in [3.8, 4) is 5.75 Å². The molecule has 7 heteroatoms. The van der Waals surface area contributed by atoms with E-state index in [1.54, 1.807) is 12.1 Å². The number of nitrogens with one attached hydrogen (secondary N) is 1. The average Bonchev–Trinajstić information content (AvgIpc) is 3.08. The standard InChI is InChI=1S/C17H23NO4S2/c1-3-9-22-17-5-4-15(11-13(17)2)24(20,21)18-8-6-16(19)14-7-10-23-12-14/h4-5,7,10-12,16,18-19H,3,6,8-9H2,1-2H3. The lowest BCUT2D eigenvalue weighted by molar-refractivity contribution is 0.169. The van der Waals surface area contributed by atoms with Crippen LogP contribution >= 0.6 is 11.3 Å². The first-order valence-electron chi connectivity index (χ1n) is 7.87. The van der Waals surface area contributed by atoms with Gasteiger partial charge in [0.15, 0.2) is 0 Å². The Labute approximate surface area is 147 Å². The maximum atomic E-state index is 12.3. The molecule has 0 radical (unpaired) electrons. The molecule has 0 spiro atoms. The number of hydrogen-bond donors (Lipinski definition) is 2. The van der Waals surface area contributed by atoms with Crippen LogP contribution in [-0.4, -0.2) is 26.7 Å². The van der Waals surface area contributed by atoms with Crippen LogP contribution < -0.4 is 9.46 Å². The fraction of sp³-hybridized carbons (Fsp3) is 0.412. The number of thiophene rings is 1. The Morgan fingerprint density at radius 2 is 2.12 bits per heavy atom. The molecule has 0 fully saturated rings. The molecule has 0 aliphatic rings. The van der Waals surface area contributed by atoms with Crippen molar-refractivity contribution in [3.63, 3.8) is 0 Å². The van der Waals surface area contributed by atoms with Crippen LogP contribution in [0.25, 0.3) is 0 Å². The number of aliphatic hydroxyl groups is 1. The number of ether oxygens (including phenoxy) is 1. The van der Waals surface area contributed by atoms with E-state index in [4.69, 9.17) is 4.74 Å². The van der Waals surface area contributed by atoms with Gasteiger partial charge in [0.25, 0.3) is 0 Å². The Balaban J connectivity index is 1.96. The second-order valence-electron chi connectivity index (χ2n) is 5.53. The molecule has 0 aliphatic heterocycles. The highest BCUT2D eigenvalue weighted by molar-refractivity contribution is 7.89. The van der Waals surface area contributed by atoms with E-state index in [0.717, 1.165) is 17.5 Å². The summed E-state index contributed by atoms with van der Waals surface area (Å²) in [6.07, 6.45) is 0.561. The molecule has 1 aromatic carbocycles. The van der Waals surface area contributed by atoms with E-state index in [-0.39, 0.29) is 11.4 Å². The summed E-state index contributed by atoms with van der Waals surface area (Å²) in [7, 11) is -3.60. The predicted molar refractivity (Wildman–Crippen MR) is 96.0 cm³/mol. The Bertz CT molecular complexity index is 742. The highest BCUT2D eigenvalue weighted by Gasteiger charge is 2.16. The Morgan fingerprint density at radius 1 is 1.33 bits per heavy atom. The molecule has 0 amide bonds. The summed E-state index contributed by atoms with van der Waals surface area (Å²) in [4.78, 5) is 0.203. The zero-order chi connectivity index (χ0) is 17.6. The molecule has 0 aliphatic carbocycles. The largest absolute Gasteiger partial charge is 0.493 e. The normalized spacial score (nSPS) is 13.0. The van der Waals surface area contributed by atoms with Gasteiger partial charge in [-0.3, -0.25) is 0 Å². The van der Waals surface area contributed by atoms with E-state index < -0.39 is 16.1 Å². The van der Waals surface area contributed by atoms with Gasteiger partial charge in [0.1, 0.15) is 5.75 Å². The smallest absolute Gasteiger partial charge is 0.240 e. The lowest BCUT2D eigenvalue weighted by Gasteiger charge is -2.12. The molecule has 2 N–H and O–H groups in total. The van der Waals surface area contributed by atoms with Crippen LogP contribution in [-0.2, 0) is 10.0 Å². The number of rotatable bonds is 9. The maximum absolute atomic E-state index is 12.3. The Hall–Kier alpha value is -1.41. The number of aliphatic hydroxyl groups excluding tert-OH is 1. The lowest BCUT2D eigenvalue weighted by atomic mass is 10.1. The molecule has 2 aromatic rings. The van der Waals surface area contributed by atoms with Crippen LogP contribution in [0.5, 0.6) is 5.75 Å². The molecule has 0 bridgehead atoms. The summed E-state index contributed by atoms with van der Waals surface area (Å²) >= 11 is 1.50. The number of hydrogen-bond acceptors (Lipinski definition) is 5. The summed E-state index contributed by atoms with van der Waals surface area (Å²) in [5.41, 5.74) is 1.59. The van der Waals surface area contributed by atoms with E-state index in [1.165, 1.54) is 17.4 Å². The van der Waals surface area contributed by atoms with Crippen molar-refractivity contribution in [2.45, 2.75) is 37.7 Å².